The van der Waals surface area contributed by atoms with Crippen molar-refractivity contribution < 1.29 is 4.79 Å². The van der Waals surface area contributed by atoms with E-state index in [1.807, 2.05) is 37.3 Å². The zero-order chi connectivity index (χ0) is 17.2. The topological polar surface area (TPSA) is 55.1 Å². The lowest BCUT2D eigenvalue weighted by molar-refractivity contribution is -0.125. The normalized spacial score (nSPS) is 17.1. The first kappa shape index (κ1) is 19.5. The van der Waals surface area contributed by atoms with E-state index in [9.17, 15) is 4.79 Å². The first-order valence-corrected chi connectivity index (χ1v) is 8.68. The summed E-state index contributed by atoms with van der Waals surface area (Å²) in [4.78, 5) is 12.6. The van der Waals surface area contributed by atoms with E-state index >= 15 is 0 Å². The van der Waals surface area contributed by atoms with Crippen molar-refractivity contribution in [1.82, 2.24) is 5.32 Å². The second-order valence-electron chi connectivity index (χ2n) is 7.04. The number of nitrogens with one attached hydrogen (secondary N) is 1. The molecule has 4 heteroatoms. The Labute approximate surface area is 156 Å². The third-order valence-corrected chi connectivity index (χ3v) is 5.31. The third kappa shape index (κ3) is 4.23. The molecule has 2 atom stereocenters. The lowest BCUT2D eigenvalue weighted by Gasteiger charge is -2.23. The summed E-state index contributed by atoms with van der Waals surface area (Å²) < 4.78 is 0. The molecular formula is C21H27ClN2O. The minimum atomic E-state index is -0.278. The van der Waals surface area contributed by atoms with Crippen LogP contribution in [0.25, 0.3) is 0 Å². The van der Waals surface area contributed by atoms with Gasteiger partial charge in [-0.15, -0.1) is 12.4 Å². The highest BCUT2D eigenvalue weighted by Crippen LogP contribution is 2.48. The summed E-state index contributed by atoms with van der Waals surface area (Å²) in [7, 11) is 0. The molecule has 0 heterocycles. The van der Waals surface area contributed by atoms with Crippen LogP contribution in [0.2, 0.25) is 0 Å². The molecule has 3 rings (SSSR count). The summed E-state index contributed by atoms with van der Waals surface area (Å²) in [5.74, 6) is -0.216. The van der Waals surface area contributed by atoms with Gasteiger partial charge < -0.3 is 11.1 Å². The summed E-state index contributed by atoms with van der Waals surface area (Å²) in [6.07, 6.45) is 2.27. The van der Waals surface area contributed by atoms with Gasteiger partial charge in [0.1, 0.15) is 0 Å². The smallest absolute Gasteiger partial charge is 0.224 e. The van der Waals surface area contributed by atoms with Gasteiger partial charge in [-0.1, -0.05) is 61.5 Å². The minimum Gasteiger partial charge on any atom is -0.355 e. The van der Waals surface area contributed by atoms with Crippen LogP contribution in [-0.4, -0.2) is 12.5 Å². The lowest BCUT2D eigenvalue weighted by atomic mass is 9.91. The van der Waals surface area contributed by atoms with Crippen molar-refractivity contribution in [2.24, 2.45) is 11.7 Å². The van der Waals surface area contributed by atoms with Gasteiger partial charge in [0.25, 0.3) is 0 Å². The van der Waals surface area contributed by atoms with Gasteiger partial charge in [-0.05, 0) is 36.5 Å². The zero-order valence-electron chi connectivity index (χ0n) is 14.9. The molecule has 1 aliphatic rings. The van der Waals surface area contributed by atoms with E-state index in [2.05, 4.69) is 36.5 Å². The molecule has 0 aliphatic heterocycles. The fraction of sp³-hybridized carbons (Fsp3) is 0.381. The van der Waals surface area contributed by atoms with Gasteiger partial charge in [-0.25, -0.2) is 0 Å². The molecule has 0 bridgehead atoms. The highest BCUT2D eigenvalue weighted by molar-refractivity contribution is 5.85. The number of halogens is 1. The van der Waals surface area contributed by atoms with E-state index in [1.54, 1.807) is 0 Å². The molecule has 1 fully saturated rings. The number of benzene rings is 2. The molecular weight excluding hydrogens is 332 g/mol. The van der Waals surface area contributed by atoms with Crippen LogP contribution < -0.4 is 11.1 Å². The third-order valence-electron chi connectivity index (χ3n) is 5.31. The van der Waals surface area contributed by atoms with Crippen LogP contribution in [0, 0.1) is 12.8 Å². The van der Waals surface area contributed by atoms with Gasteiger partial charge in [0.2, 0.25) is 5.91 Å². The molecule has 3 nitrogen and oxygen atoms in total. The quantitative estimate of drug-likeness (QED) is 0.822. The van der Waals surface area contributed by atoms with Crippen molar-refractivity contribution in [3.05, 3.63) is 71.3 Å². The second kappa shape index (κ2) is 8.03. The Hall–Kier alpha value is -1.84. The molecule has 1 aliphatic carbocycles. The maximum absolute atomic E-state index is 12.6. The average molecular weight is 359 g/mol. The van der Waals surface area contributed by atoms with Gasteiger partial charge in [0.15, 0.2) is 0 Å². The van der Waals surface area contributed by atoms with Crippen LogP contribution in [-0.2, 0) is 10.2 Å². The summed E-state index contributed by atoms with van der Waals surface area (Å²) in [6.45, 7) is 4.74. The van der Waals surface area contributed by atoms with Crippen LogP contribution in [0.5, 0.6) is 0 Å². The Morgan fingerprint density at radius 2 is 1.72 bits per heavy atom. The number of hydrogen-bond donors (Lipinski definition) is 2. The largest absolute Gasteiger partial charge is 0.355 e. The van der Waals surface area contributed by atoms with E-state index in [-0.39, 0.29) is 35.7 Å². The van der Waals surface area contributed by atoms with Gasteiger partial charge in [0, 0.05) is 18.0 Å². The highest BCUT2D eigenvalue weighted by Gasteiger charge is 2.45. The number of aryl methyl sites for hydroxylation is 1. The molecule has 1 saturated carbocycles. The number of carbonyl (C=O) groups is 1. The summed E-state index contributed by atoms with van der Waals surface area (Å²) in [5, 5.41) is 3.14. The van der Waals surface area contributed by atoms with Gasteiger partial charge in [-0.2, -0.15) is 0 Å². The molecule has 2 aromatic rings. The van der Waals surface area contributed by atoms with Crippen LogP contribution in [0.1, 0.15) is 42.5 Å². The van der Waals surface area contributed by atoms with Crippen molar-refractivity contribution in [2.75, 3.05) is 6.54 Å². The predicted molar refractivity (Wildman–Crippen MR) is 105 cm³/mol. The van der Waals surface area contributed by atoms with E-state index in [4.69, 9.17) is 5.73 Å². The fourth-order valence-electron chi connectivity index (χ4n) is 3.40. The zero-order valence-corrected chi connectivity index (χ0v) is 15.7. The second-order valence-corrected chi connectivity index (χ2v) is 7.04. The molecule has 2 unspecified atom stereocenters. The first-order chi connectivity index (χ1) is 11.5. The molecule has 0 spiro atoms. The fourth-order valence-corrected chi connectivity index (χ4v) is 3.40. The van der Waals surface area contributed by atoms with Crippen LogP contribution >= 0.6 is 12.4 Å². The lowest BCUT2D eigenvalue weighted by Crippen LogP contribution is -2.39. The number of carbonyl (C=O) groups excluding carboxylic acids is 1. The summed E-state index contributed by atoms with van der Waals surface area (Å²) in [5.41, 5.74) is 10.1. The van der Waals surface area contributed by atoms with Crippen molar-refractivity contribution in [2.45, 2.75) is 38.1 Å². The highest BCUT2D eigenvalue weighted by atomic mass is 35.5. The van der Waals surface area contributed by atoms with Crippen molar-refractivity contribution in [3.63, 3.8) is 0 Å². The predicted octanol–water partition coefficient (Wildman–Crippen LogP) is 3.90. The molecule has 2 aromatic carbocycles. The molecule has 0 saturated heterocycles. The van der Waals surface area contributed by atoms with Crippen LogP contribution in [0.15, 0.2) is 54.6 Å². The van der Waals surface area contributed by atoms with E-state index in [1.165, 1.54) is 11.1 Å². The van der Waals surface area contributed by atoms with E-state index < -0.39 is 0 Å². The van der Waals surface area contributed by atoms with Crippen molar-refractivity contribution in [3.8, 4) is 0 Å². The van der Waals surface area contributed by atoms with Crippen molar-refractivity contribution >= 4 is 18.3 Å². The maximum atomic E-state index is 12.6. The first-order valence-electron chi connectivity index (χ1n) is 8.68. The Morgan fingerprint density at radius 1 is 1.12 bits per heavy atom. The van der Waals surface area contributed by atoms with Crippen LogP contribution in [0.3, 0.4) is 0 Å². The molecule has 0 radical (unpaired) electrons. The number of nitrogens with two attached hydrogens (primary N) is 1. The van der Waals surface area contributed by atoms with Crippen LogP contribution in [0.4, 0.5) is 0 Å². The SMILES string of the molecule is Cc1ccccc1C1(CNC(=O)C(C)C(N)c2ccccc2)CC1.Cl. The standard InChI is InChI=1S/C21H26N2O.ClH/c1-15-8-6-7-11-18(15)21(12-13-21)14-23-20(24)16(2)19(22)17-9-4-3-5-10-17;/h3-11,16,19H,12-14,22H2,1-2H3,(H,23,24);1H. The molecule has 0 aromatic heterocycles. The number of hydrogen-bond acceptors (Lipinski definition) is 2. The monoisotopic (exact) mass is 358 g/mol. The molecule has 134 valence electrons. The Morgan fingerprint density at radius 3 is 2.32 bits per heavy atom. The Kier molecular flexibility index (Phi) is 6.26. The Bertz CT molecular complexity index is 713. The van der Waals surface area contributed by atoms with Crippen molar-refractivity contribution in [1.29, 1.82) is 0 Å². The molecule has 1 amide bonds. The summed E-state index contributed by atoms with van der Waals surface area (Å²) >= 11 is 0. The molecule has 3 N–H and O–H groups in total. The van der Waals surface area contributed by atoms with Gasteiger partial charge in [-0.3, -0.25) is 4.79 Å². The molecule has 25 heavy (non-hydrogen) atoms. The van der Waals surface area contributed by atoms with Gasteiger partial charge >= 0.3 is 0 Å². The van der Waals surface area contributed by atoms with E-state index in [0.29, 0.717) is 6.54 Å². The maximum Gasteiger partial charge on any atom is 0.224 e. The van der Waals surface area contributed by atoms with E-state index in [0.717, 1.165) is 18.4 Å². The van der Waals surface area contributed by atoms with Gasteiger partial charge in [0.05, 0.1) is 5.92 Å². The Balaban J connectivity index is 0.00000225. The minimum absolute atomic E-state index is 0. The summed E-state index contributed by atoms with van der Waals surface area (Å²) in [6, 6.07) is 18.0. The number of rotatable bonds is 6. The number of amides is 1. The average Bonchev–Trinajstić information content (AvgIpc) is 3.40.